The van der Waals surface area contributed by atoms with Crippen LogP contribution >= 0.6 is 0 Å². The van der Waals surface area contributed by atoms with E-state index >= 15 is 0 Å². The Morgan fingerprint density at radius 1 is 1.33 bits per heavy atom. The van der Waals surface area contributed by atoms with Gasteiger partial charge in [-0.2, -0.15) is 0 Å². The number of nitrogens with zero attached hydrogens (tertiary/aromatic N) is 1. The van der Waals surface area contributed by atoms with E-state index in [0.29, 0.717) is 11.5 Å². The van der Waals surface area contributed by atoms with Crippen molar-refractivity contribution in [1.29, 1.82) is 0 Å². The van der Waals surface area contributed by atoms with Crippen molar-refractivity contribution in [2.24, 2.45) is 18.4 Å². The Hall–Kier alpha value is -1.25. The van der Waals surface area contributed by atoms with Gasteiger partial charge in [-0.25, -0.2) is 0 Å². The molecule has 0 bridgehead atoms. The number of aromatic nitrogens is 1. The summed E-state index contributed by atoms with van der Waals surface area (Å²) in [6, 6.07) is 4.02. The maximum absolute atomic E-state index is 11.4. The van der Waals surface area contributed by atoms with Gasteiger partial charge in [-0.05, 0) is 36.7 Å². The summed E-state index contributed by atoms with van der Waals surface area (Å²) in [7, 11) is 1.79. The number of hydrogen-bond donors (Lipinski definition) is 1. The summed E-state index contributed by atoms with van der Waals surface area (Å²) in [5.41, 5.74) is 1.50. The van der Waals surface area contributed by atoms with E-state index in [2.05, 4.69) is 26.1 Å². The fraction of sp³-hybridized carbons (Fsp3) is 0.667. The molecule has 1 heterocycles. The molecular weight excluding hydrogens is 224 g/mol. The highest BCUT2D eigenvalue weighted by Gasteiger charge is 2.31. The first-order chi connectivity index (χ1) is 8.35. The van der Waals surface area contributed by atoms with Crippen LogP contribution in [0.15, 0.2) is 23.1 Å². The summed E-state index contributed by atoms with van der Waals surface area (Å²) in [6.07, 6.45) is 5.60. The zero-order chi connectivity index (χ0) is 13.3. The van der Waals surface area contributed by atoms with E-state index in [1.165, 1.54) is 19.3 Å². The Morgan fingerprint density at radius 2 is 2.06 bits per heavy atom. The molecule has 1 aliphatic rings. The molecule has 0 amide bonds. The molecule has 1 saturated carbocycles. The van der Waals surface area contributed by atoms with Crippen LogP contribution in [0.25, 0.3) is 0 Å². The lowest BCUT2D eigenvalue weighted by molar-refractivity contribution is 0.178. The monoisotopic (exact) mass is 248 g/mol. The smallest absolute Gasteiger partial charge is 0.250 e. The van der Waals surface area contributed by atoms with E-state index < -0.39 is 0 Å². The third-order valence-corrected chi connectivity index (χ3v) is 3.84. The molecule has 3 nitrogen and oxygen atoms in total. The molecule has 2 atom stereocenters. The van der Waals surface area contributed by atoms with Crippen molar-refractivity contribution < 1.29 is 0 Å². The van der Waals surface area contributed by atoms with Crippen LogP contribution in [0, 0.1) is 11.3 Å². The Balaban J connectivity index is 2.08. The first-order valence-electron chi connectivity index (χ1n) is 6.79. The second-order valence-corrected chi connectivity index (χ2v) is 6.62. The first-order valence-corrected chi connectivity index (χ1v) is 6.79. The minimum atomic E-state index is 0.0397. The predicted molar refractivity (Wildman–Crippen MR) is 75.9 cm³/mol. The third kappa shape index (κ3) is 3.15. The lowest BCUT2D eigenvalue weighted by Gasteiger charge is -2.39. The van der Waals surface area contributed by atoms with Crippen LogP contribution in [0.1, 0.15) is 40.0 Å². The van der Waals surface area contributed by atoms with Crippen LogP contribution in [0.2, 0.25) is 0 Å². The van der Waals surface area contributed by atoms with E-state index in [9.17, 15) is 4.79 Å². The molecule has 18 heavy (non-hydrogen) atoms. The van der Waals surface area contributed by atoms with Crippen LogP contribution in [0.3, 0.4) is 0 Å². The van der Waals surface area contributed by atoms with Crippen molar-refractivity contribution in [2.75, 3.05) is 5.32 Å². The van der Waals surface area contributed by atoms with Crippen LogP contribution < -0.4 is 10.9 Å². The zero-order valence-corrected chi connectivity index (χ0v) is 11.9. The predicted octanol–water partition coefficient (Wildman–Crippen LogP) is 3.01. The van der Waals surface area contributed by atoms with Crippen molar-refractivity contribution in [1.82, 2.24) is 4.57 Å². The SMILES string of the molecule is CC1CC(Nc2ccc(=O)n(C)c2)CC(C)(C)C1. The minimum absolute atomic E-state index is 0.0397. The number of nitrogens with one attached hydrogen (secondary N) is 1. The largest absolute Gasteiger partial charge is 0.381 e. The van der Waals surface area contributed by atoms with Crippen molar-refractivity contribution in [3.63, 3.8) is 0 Å². The molecule has 0 saturated heterocycles. The number of aryl methyl sites for hydroxylation is 1. The van der Waals surface area contributed by atoms with E-state index in [1.54, 1.807) is 17.7 Å². The molecular formula is C15H24N2O. The Labute approximate surface area is 109 Å². The minimum Gasteiger partial charge on any atom is -0.381 e. The lowest BCUT2D eigenvalue weighted by Crippen LogP contribution is -2.35. The van der Waals surface area contributed by atoms with Gasteiger partial charge >= 0.3 is 0 Å². The second-order valence-electron chi connectivity index (χ2n) is 6.62. The summed E-state index contributed by atoms with van der Waals surface area (Å²) < 4.78 is 1.62. The highest BCUT2D eigenvalue weighted by Crippen LogP contribution is 2.39. The van der Waals surface area contributed by atoms with Gasteiger partial charge in [0.2, 0.25) is 5.56 Å². The van der Waals surface area contributed by atoms with E-state index in [0.717, 1.165) is 11.6 Å². The molecule has 0 spiro atoms. The molecule has 1 aromatic rings. The van der Waals surface area contributed by atoms with Gasteiger partial charge in [-0.3, -0.25) is 4.79 Å². The van der Waals surface area contributed by atoms with Gasteiger partial charge in [0, 0.05) is 25.4 Å². The molecule has 1 aromatic heterocycles. The third-order valence-electron chi connectivity index (χ3n) is 3.84. The van der Waals surface area contributed by atoms with E-state index in [1.807, 2.05) is 12.3 Å². The standard InChI is InChI=1S/C15H24N2O/c1-11-7-13(9-15(2,3)8-11)16-12-5-6-14(18)17(4)10-12/h5-6,10-11,13,16H,7-9H2,1-4H3. The normalized spacial score (nSPS) is 26.9. The maximum Gasteiger partial charge on any atom is 0.250 e. The van der Waals surface area contributed by atoms with Crippen molar-refractivity contribution >= 4 is 5.69 Å². The molecule has 0 aliphatic heterocycles. The van der Waals surface area contributed by atoms with Gasteiger partial charge < -0.3 is 9.88 Å². The van der Waals surface area contributed by atoms with Crippen molar-refractivity contribution in [2.45, 2.75) is 46.1 Å². The summed E-state index contributed by atoms with van der Waals surface area (Å²) in [6.45, 7) is 7.02. The summed E-state index contributed by atoms with van der Waals surface area (Å²) in [5, 5.41) is 3.58. The Bertz CT molecular complexity index is 476. The quantitative estimate of drug-likeness (QED) is 0.873. The molecule has 1 N–H and O–H groups in total. The molecule has 2 unspecified atom stereocenters. The van der Waals surface area contributed by atoms with E-state index in [-0.39, 0.29) is 5.56 Å². The lowest BCUT2D eigenvalue weighted by atomic mass is 9.70. The average molecular weight is 248 g/mol. The molecule has 2 rings (SSSR count). The zero-order valence-electron chi connectivity index (χ0n) is 11.9. The van der Waals surface area contributed by atoms with Crippen LogP contribution in [-0.2, 0) is 7.05 Å². The van der Waals surface area contributed by atoms with Crippen LogP contribution in [0.4, 0.5) is 5.69 Å². The first kappa shape index (κ1) is 13.2. The van der Waals surface area contributed by atoms with E-state index in [4.69, 9.17) is 0 Å². The fourth-order valence-corrected chi connectivity index (χ4v) is 3.37. The molecule has 1 aliphatic carbocycles. The number of rotatable bonds is 2. The van der Waals surface area contributed by atoms with Gasteiger partial charge in [0.1, 0.15) is 0 Å². The number of anilines is 1. The Morgan fingerprint density at radius 3 is 2.67 bits per heavy atom. The van der Waals surface area contributed by atoms with Gasteiger partial charge in [0.25, 0.3) is 0 Å². The van der Waals surface area contributed by atoms with Gasteiger partial charge in [-0.15, -0.1) is 0 Å². The van der Waals surface area contributed by atoms with Crippen molar-refractivity contribution in [3.05, 3.63) is 28.7 Å². The van der Waals surface area contributed by atoms with Gasteiger partial charge in [-0.1, -0.05) is 20.8 Å². The molecule has 0 radical (unpaired) electrons. The fourth-order valence-electron chi connectivity index (χ4n) is 3.37. The maximum atomic E-state index is 11.4. The summed E-state index contributed by atoms with van der Waals surface area (Å²) >= 11 is 0. The summed E-state index contributed by atoms with van der Waals surface area (Å²) in [5.74, 6) is 0.763. The topological polar surface area (TPSA) is 34.0 Å². The highest BCUT2D eigenvalue weighted by atomic mass is 16.1. The van der Waals surface area contributed by atoms with Crippen molar-refractivity contribution in [3.8, 4) is 0 Å². The van der Waals surface area contributed by atoms with Crippen LogP contribution in [-0.4, -0.2) is 10.6 Å². The second kappa shape index (κ2) is 4.79. The molecule has 0 aromatic carbocycles. The van der Waals surface area contributed by atoms with Crippen LogP contribution in [0.5, 0.6) is 0 Å². The highest BCUT2D eigenvalue weighted by molar-refractivity contribution is 5.41. The molecule has 3 heteroatoms. The molecule has 1 fully saturated rings. The number of pyridine rings is 1. The Kier molecular flexibility index (Phi) is 3.51. The average Bonchev–Trinajstić information content (AvgIpc) is 2.20. The number of hydrogen-bond acceptors (Lipinski definition) is 2. The molecule has 100 valence electrons. The summed E-state index contributed by atoms with van der Waals surface area (Å²) in [4.78, 5) is 11.4. The van der Waals surface area contributed by atoms with Gasteiger partial charge in [0.15, 0.2) is 0 Å². The van der Waals surface area contributed by atoms with Gasteiger partial charge in [0.05, 0.1) is 5.69 Å².